The van der Waals surface area contributed by atoms with Crippen molar-refractivity contribution in [2.75, 3.05) is 18.8 Å². The molecular formula is C10H8F2N4O2S. The Balaban J connectivity index is 3.43. The van der Waals surface area contributed by atoms with Gasteiger partial charge in [-0.2, -0.15) is 14.8 Å². The highest BCUT2D eigenvalue weighted by Crippen LogP contribution is 2.24. The maximum Gasteiger partial charge on any atom is 0.250 e. The molecule has 0 aliphatic heterocycles. The third-order valence-electron chi connectivity index (χ3n) is 2.11. The van der Waals surface area contributed by atoms with Crippen molar-refractivity contribution in [2.24, 2.45) is 0 Å². The van der Waals surface area contributed by atoms with Crippen molar-refractivity contribution in [1.29, 1.82) is 10.5 Å². The van der Waals surface area contributed by atoms with Gasteiger partial charge in [0.05, 0.1) is 12.1 Å². The van der Waals surface area contributed by atoms with Gasteiger partial charge in [0.25, 0.3) is 10.0 Å². The van der Waals surface area contributed by atoms with Gasteiger partial charge < -0.3 is 5.73 Å². The Morgan fingerprint density at radius 2 is 1.58 bits per heavy atom. The Kier molecular flexibility index (Phi) is 4.38. The summed E-state index contributed by atoms with van der Waals surface area (Å²) in [6.07, 6.45) is 0. The molecule has 0 aromatic heterocycles. The minimum atomic E-state index is -4.62. The summed E-state index contributed by atoms with van der Waals surface area (Å²) < 4.78 is 51.4. The van der Waals surface area contributed by atoms with Crippen molar-refractivity contribution < 1.29 is 17.2 Å². The van der Waals surface area contributed by atoms with Crippen LogP contribution in [0.25, 0.3) is 0 Å². The van der Waals surface area contributed by atoms with Gasteiger partial charge in [0.15, 0.2) is 4.90 Å². The number of rotatable bonds is 4. The molecule has 2 N–H and O–H groups in total. The third-order valence-corrected chi connectivity index (χ3v) is 3.96. The van der Waals surface area contributed by atoms with Crippen LogP contribution in [0.3, 0.4) is 0 Å². The molecule has 0 bridgehead atoms. The van der Waals surface area contributed by atoms with Crippen molar-refractivity contribution in [1.82, 2.24) is 4.31 Å². The van der Waals surface area contributed by atoms with Crippen LogP contribution in [0.2, 0.25) is 0 Å². The van der Waals surface area contributed by atoms with Crippen LogP contribution in [0.15, 0.2) is 17.0 Å². The summed E-state index contributed by atoms with van der Waals surface area (Å²) in [6, 6.07) is 4.30. The van der Waals surface area contributed by atoms with Crippen LogP contribution in [0.4, 0.5) is 14.5 Å². The van der Waals surface area contributed by atoms with Gasteiger partial charge in [0, 0.05) is 5.69 Å². The summed E-state index contributed by atoms with van der Waals surface area (Å²) in [5, 5.41) is 17.0. The van der Waals surface area contributed by atoms with E-state index in [4.69, 9.17) is 16.3 Å². The highest BCUT2D eigenvalue weighted by Gasteiger charge is 2.31. The number of nitrogen functional groups attached to an aromatic ring is 1. The summed E-state index contributed by atoms with van der Waals surface area (Å²) in [4.78, 5) is -1.23. The molecule has 0 amide bonds. The fraction of sp³-hybridized carbons (Fsp3) is 0.200. The third kappa shape index (κ3) is 2.96. The van der Waals surface area contributed by atoms with E-state index >= 15 is 0 Å². The largest absolute Gasteiger partial charge is 0.399 e. The molecule has 0 unspecified atom stereocenters. The smallest absolute Gasteiger partial charge is 0.250 e. The molecule has 0 saturated carbocycles. The Morgan fingerprint density at radius 1 is 1.16 bits per heavy atom. The topological polar surface area (TPSA) is 111 Å². The zero-order chi connectivity index (χ0) is 14.6. The molecule has 6 nitrogen and oxygen atoms in total. The van der Waals surface area contributed by atoms with Crippen molar-refractivity contribution in [3.05, 3.63) is 23.8 Å². The molecule has 1 aromatic rings. The lowest BCUT2D eigenvalue weighted by Gasteiger charge is -2.16. The number of halogens is 2. The van der Waals surface area contributed by atoms with Gasteiger partial charge in [-0.25, -0.2) is 17.2 Å². The fourth-order valence-electron chi connectivity index (χ4n) is 1.34. The highest BCUT2D eigenvalue weighted by atomic mass is 32.2. The number of nitrogens with zero attached hydrogens (tertiary/aromatic N) is 3. The molecule has 0 heterocycles. The van der Waals surface area contributed by atoms with Crippen molar-refractivity contribution in [2.45, 2.75) is 4.90 Å². The zero-order valence-corrected chi connectivity index (χ0v) is 10.3. The van der Waals surface area contributed by atoms with Crippen LogP contribution in [0.1, 0.15) is 0 Å². The molecule has 0 fully saturated rings. The van der Waals surface area contributed by atoms with Crippen LogP contribution < -0.4 is 5.73 Å². The monoisotopic (exact) mass is 286 g/mol. The van der Waals surface area contributed by atoms with Gasteiger partial charge in [-0.15, -0.1) is 0 Å². The fourth-order valence-corrected chi connectivity index (χ4v) is 2.66. The predicted molar refractivity (Wildman–Crippen MR) is 60.8 cm³/mol. The summed E-state index contributed by atoms with van der Waals surface area (Å²) in [5.41, 5.74) is 4.90. The van der Waals surface area contributed by atoms with Gasteiger partial charge in [0.2, 0.25) is 0 Å². The van der Waals surface area contributed by atoms with E-state index in [1.165, 1.54) is 12.1 Å². The maximum atomic E-state index is 13.6. The van der Waals surface area contributed by atoms with E-state index < -0.39 is 39.6 Å². The molecule has 100 valence electrons. The Morgan fingerprint density at radius 3 is 1.95 bits per heavy atom. The molecule has 1 rings (SSSR count). The molecule has 0 radical (unpaired) electrons. The quantitative estimate of drug-likeness (QED) is 0.643. The normalized spacial score (nSPS) is 11.0. The van der Waals surface area contributed by atoms with Crippen LogP contribution in [0.5, 0.6) is 0 Å². The lowest BCUT2D eigenvalue weighted by molar-refractivity contribution is 0.457. The second-order valence-electron chi connectivity index (χ2n) is 3.40. The number of nitrogens with two attached hydrogens (primary N) is 1. The minimum absolute atomic E-state index is 0.277. The van der Waals surface area contributed by atoms with E-state index in [2.05, 4.69) is 0 Å². The zero-order valence-electron chi connectivity index (χ0n) is 9.47. The predicted octanol–water partition coefficient (Wildman–Crippen LogP) is 0.585. The first-order valence-corrected chi connectivity index (χ1v) is 6.27. The molecule has 0 aliphatic carbocycles. The number of nitriles is 2. The number of hydrogen-bond donors (Lipinski definition) is 1. The van der Waals surface area contributed by atoms with E-state index in [0.717, 1.165) is 0 Å². The van der Waals surface area contributed by atoms with Crippen molar-refractivity contribution >= 4 is 15.7 Å². The first-order chi connectivity index (χ1) is 8.84. The van der Waals surface area contributed by atoms with Crippen LogP contribution in [-0.4, -0.2) is 25.8 Å². The Hall–Kier alpha value is -2.23. The van der Waals surface area contributed by atoms with E-state index in [0.29, 0.717) is 16.4 Å². The summed E-state index contributed by atoms with van der Waals surface area (Å²) in [5.74, 6) is -2.75. The molecule has 0 atom stereocenters. The molecule has 1 aromatic carbocycles. The van der Waals surface area contributed by atoms with E-state index in [1.54, 1.807) is 0 Å². The maximum absolute atomic E-state index is 13.6. The summed E-state index contributed by atoms with van der Waals surface area (Å²) in [7, 11) is -4.62. The second-order valence-corrected chi connectivity index (χ2v) is 5.28. The first kappa shape index (κ1) is 14.8. The standard InChI is InChI=1S/C10H8F2N4O2S/c11-8-5-7(15)6-9(12)10(8)19(17,18)16(3-1-13)4-2-14/h5-6H,3-4,15H2. The highest BCUT2D eigenvalue weighted by molar-refractivity contribution is 7.89. The minimum Gasteiger partial charge on any atom is -0.399 e. The average molecular weight is 286 g/mol. The van der Waals surface area contributed by atoms with Gasteiger partial charge in [-0.1, -0.05) is 0 Å². The van der Waals surface area contributed by atoms with E-state index in [1.807, 2.05) is 0 Å². The van der Waals surface area contributed by atoms with E-state index in [9.17, 15) is 17.2 Å². The van der Waals surface area contributed by atoms with Gasteiger partial charge in [-0.05, 0) is 12.1 Å². The molecule has 0 spiro atoms. The lowest BCUT2D eigenvalue weighted by atomic mass is 10.3. The van der Waals surface area contributed by atoms with Gasteiger partial charge in [0.1, 0.15) is 24.7 Å². The first-order valence-electron chi connectivity index (χ1n) is 4.83. The van der Waals surface area contributed by atoms with Gasteiger partial charge in [-0.3, -0.25) is 0 Å². The lowest BCUT2D eigenvalue weighted by Crippen LogP contribution is -2.33. The summed E-state index contributed by atoms with van der Waals surface area (Å²) in [6.45, 7) is -1.39. The number of sulfonamides is 1. The number of benzene rings is 1. The van der Waals surface area contributed by atoms with Crippen molar-refractivity contribution in [3.8, 4) is 12.1 Å². The van der Waals surface area contributed by atoms with Crippen LogP contribution in [-0.2, 0) is 10.0 Å². The second kappa shape index (κ2) is 5.61. The number of anilines is 1. The van der Waals surface area contributed by atoms with Crippen LogP contribution >= 0.6 is 0 Å². The van der Waals surface area contributed by atoms with Crippen LogP contribution in [0, 0.1) is 34.3 Å². The Labute approximate surface area is 108 Å². The molecule has 19 heavy (non-hydrogen) atoms. The van der Waals surface area contributed by atoms with E-state index in [-0.39, 0.29) is 5.69 Å². The SMILES string of the molecule is N#CCN(CC#N)S(=O)(=O)c1c(F)cc(N)cc1F. The average Bonchev–Trinajstić information content (AvgIpc) is 2.26. The molecule has 0 saturated heterocycles. The summed E-state index contributed by atoms with van der Waals surface area (Å²) >= 11 is 0. The molecular weight excluding hydrogens is 278 g/mol. The molecule has 9 heteroatoms. The molecule has 0 aliphatic rings. The van der Waals surface area contributed by atoms with Gasteiger partial charge >= 0.3 is 0 Å². The number of hydrogen-bond acceptors (Lipinski definition) is 5. The Bertz CT molecular complexity index is 637. The van der Waals surface area contributed by atoms with Crippen molar-refractivity contribution in [3.63, 3.8) is 0 Å².